The van der Waals surface area contributed by atoms with E-state index in [0.29, 0.717) is 11.1 Å². The van der Waals surface area contributed by atoms with Crippen LogP contribution in [0.1, 0.15) is 15.9 Å². The molecule has 0 aliphatic rings. The molecule has 0 aliphatic heterocycles. The first-order valence-electron chi connectivity index (χ1n) is 5.90. The summed E-state index contributed by atoms with van der Waals surface area (Å²) in [6.07, 6.45) is 1.36. The van der Waals surface area contributed by atoms with Gasteiger partial charge in [-0.3, -0.25) is 14.9 Å². The van der Waals surface area contributed by atoms with Gasteiger partial charge in [0, 0.05) is 21.3 Å². The number of rotatable bonds is 4. The van der Waals surface area contributed by atoms with Crippen molar-refractivity contribution in [3.8, 4) is 0 Å². The highest BCUT2D eigenvalue weighted by molar-refractivity contribution is 14.1. The van der Waals surface area contributed by atoms with E-state index in [0.717, 1.165) is 3.57 Å². The third kappa shape index (κ3) is 4.09. The molecule has 0 atom stereocenters. The van der Waals surface area contributed by atoms with Gasteiger partial charge in [0.2, 0.25) is 0 Å². The fourth-order valence-corrected chi connectivity index (χ4v) is 2.22. The van der Waals surface area contributed by atoms with Crippen LogP contribution in [0.5, 0.6) is 0 Å². The Morgan fingerprint density at radius 3 is 2.71 bits per heavy atom. The van der Waals surface area contributed by atoms with Crippen molar-refractivity contribution >= 4 is 40.4 Å². The van der Waals surface area contributed by atoms with E-state index in [9.17, 15) is 14.9 Å². The topological polar surface area (TPSA) is 84.6 Å². The van der Waals surface area contributed by atoms with Crippen LogP contribution in [0, 0.1) is 13.7 Å². The molecule has 1 N–H and O–H groups in total. The first-order chi connectivity index (χ1) is 10.1. The molecule has 0 fully saturated rings. The second kappa shape index (κ2) is 6.93. The number of carbonyl (C=O) groups excluding carboxylic acids is 1. The van der Waals surface area contributed by atoms with E-state index in [2.05, 4.69) is 33.1 Å². The second-order valence-corrected chi connectivity index (χ2v) is 5.19. The van der Waals surface area contributed by atoms with Gasteiger partial charge in [0.25, 0.3) is 11.6 Å². The zero-order valence-corrected chi connectivity index (χ0v) is 12.9. The molecular formula is C14H10IN3O3. The Morgan fingerprint density at radius 1 is 1.24 bits per heavy atom. The SMILES string of the molecule is O=C(N/N=C/c1cccc([N+](=O)[O-])c1)c1ccccc1I. The molecule has 6 nitrogen and oxygen atoms in total. The van der Waals surface area contributed by atoms with Crippen LogP contribution >= 0.6 is 22.6 Å². The van der Waals surface area contributed by atoms with Gasteiger partial charge in [-0.2, -0.15) is 5.10 Å². The zero-order chi connectivity index (χ0) is 15.2. The zero-order valence-electron chi connectivity index (χ0n) is 10.7. The highest BCUT2D eigenvalue weighted by atomic mass is 127. The van der Waals surface area contributed by atoms with Crippen molar-refractivity contribution in [1.29, 1.82) is 0 Å². The maximum atomic E-state index is 11.9. The summed E-state index contributed by atoms with van der Waals surface area (Å²) in [7, 11) is 0. The van der Waals surface area contributed by atoms with Crippen LogP contribution in [-0.4, -0.2) is 17.0 Å². The molecule has 1 amide bonds. The van der Waals surface area contributed by atoms with Gasteiger partial charge in [-0.15, -0.1) is 0 Å². The lowest BCUT2D eigenvalue weighted by molar-refractivity contribution is -0.384. The summed E-state index contributed by atoms with van der Waals surface area (Å²) in [5, 5.41) is 14.5. The second-order valence-electron chi connectivity index (χ2n) is 4.03. The fourth-order valence-electron chi connectivity index (χ4n) is 1.59. The minimum atomic E-state index is -0.484. The normalized spacial score (nSPS) is 10.5. The lowest BCUT2D eigenvalue weighted by Gasteiger charge is -2.01. The summed E-state index contributed by atoms with van der Waals surface area (Å²) in [6.45, 7) is 0. The van der Waals surface area contributed by atoms with Crippen molar-refractivity contribution in [1.82, 2.24) is 5.43 Å². The van der Waals surface area contributed by atoms with E-state index in [4.69, 9.17) is 0 Å². The summed E-state index contributed by atoms with van der Waals surface area (Å²) in [6, 6.07) is 13.1. The number of carbonyl (C=O) groups is 1. The highest BCUT2D eigenvalue weighted by Gasteiger charge is 2.07. The van der Waals surface area contributed by atoms with Crippen LogP contribution in [0.15, 0.2) is 53.6 Å². The van der Waals surface area contributed by atoms with Crippen molar-refractivity contribution in [2.45, 2.75) is 0 Å². The lowest BCUT2D eigenvalue weighted by atomic mass is 10.2. The maximum Gasteiger partial charge on any atom is 0.272 e. The largest absolute Gasteiger partial charge is 0.272 e. The molecule has 2 aromatic rings. The number of hydrazone groups is 1. The Kier molecular flexibility index (Phi) is 4.99. The first kappa shape index (κ1) is 15.1. The molecule has 106 valence electrons. The molecule has 0 bridgehead atoms. The van der Waals surface area contributed by atoms with Crippen molar-refractivity contribution < 1.29 is 9.72 Å². The Balaban J connectivity index is 2.06. The summed E-state index contributed by atoms with van der Waals surface area (Å²) >= 11 is 2.06. The number of hydrogen-bond donors (Lipinski definition) is 1. The molecule has 7 heteroatoms. The number of hydrogen-bond acceptors (Lipinski definition) is 4. The monoisotopic (exact) mass is 395 g/mol. The number of non-ortho nitro benzene ring substituents is 1. The summed E-state index contributed by atoms with van der Waals surface area (Å²) in [5.74, 6) is -0.332. The van der Waals surface area contributed by atoms with Crippen molar-refractivity contribution in [2.75, 3.05) is 0 Å². The number of nitro groups is 1. The van der Waals surface area contributed by atoms with Crippen molar-refractivity contribution in [3.05, 3.63) is 73.3 Å². The Labute approximate surface area is 134 Å². The van der Waals surface area contributed by atoms with Crippen molar-refractivity contribution in [3.63, 3.8) is 0 Å². The van der Waals surface area contributed by atoms with E-state index < -0.39 is 4.92 Å². The number of benzene rings is 2. The van der Waals surface area contributed by atoms with E-state index >= 15 is 0 Å². The quantitative estimate of drug-likeness (QED) is 0.374. The number of amides is 1. The van der Waals surface area contributed by atoms with Gasteiger partial charge in [0.1, 0.15) is 0 Å². The molecule has 0 heterocycles. The van der Waals surface area contributed by atoms with E-state index in [1.165, 1.54) is 18.3 Å². The molecule has 2 rings (SSSR count). The number of nitrogens with zero attached hydrogens (tertiary/aromatic N) is 2. The molecule has 21 heavy (non-hydrogen) atoms. The Morgan fingerprint density at radius 2 is 2.00 bits per heavy atom. The molecule has 0 aromatic heterocycles. The lowest BCUT2D eigenvalue weighted by Crippen LogP contribution is -2.18. The highest BCUT2D eigenvalue weighted by Crippen LogP contribution is 2.12. The fraction of sp³-hybridized carbons (Fsp3) is 0. The van der Waals surface area contributed by atoms with Gasteiger partial charge < -0.3 is 0 Å². The van der Waals surface area contributed by atoms with Gasteiger partial charge in [0.05, 0.1) is 16.7 Å². The smallest absolute Gasteiger partial charge is 0.267 e. The van der Waals surface area contributed by atoms with E-state index in [1.54, 1.807) is 24.3 Å². The van der Waals surface area contributed by atoms with Gasteiger partial charge in [-0.1, -0.05) is 24.3 Å². The summed E-state index contributed by atoms with van der Waals surface area (Å²) < 4.78 is 0.818. The van der Waals surface area contributed by atoms with E-state index in [1.807, 2.05) is 12.1 Å². The van der Waals surface area contributed by atoms with Crippen LogP contribution < -0.4 is 5.43 Å². The summed E-state index contributed by atoms with van der Waals surface area (Å²) in [5.41, 5.74) is 3.42. The first-order valence-corrected chi connectivity index (χ1v) is 6.98. The van der Waals surface area contributed by atoms with Gasteiger partial charge in [-0.25, -0.2) is 5.43 Å². The predicted molar refractivity (Wildman–Crippen MR) is 87.3 cm³/mol. The van der Waals surface area contributed by atoms with E-state index in [-0.39, 0.29) is 11.6 Å². The van der Waals surface area contributed by atoms with Crippen LogP contribution in [-0.2, 0) is 0 Å². The molecule has 0 unspecified atom stereocenters. The predicted octanol–water partition coefficient (Wildman–Crippen LogP) is 2.96. The standard InChI is InChI=1S/C14H10IN3O3/c15-13-7-2-1-6-12(13)14(19)17-16-9-10-4-3-5-11(8-10)18(20)21/h1-9H,(H,17,19)/b16-9+. The minimum Gasteiger partial charge on any atom is -0.267 e. The summed E-state index contributed by atoms with van der Waals surface area (Å²) in [4.78, 5) is 22.1. The third-order valence-electron chi connectivity index (χ3n) is 2.58. The van der Waals surface area contributed by atoms with Gasteiger partial charge >= 0.3 is 0 Å². The Hall–Kier alpha value is -2.29. The molecule has 0 spiro atoms. The molecule has 0 saturated carbocycles. The molecular weight excluding hydrogens is 385 g/mol. The van der Waals surface area contributed by atoms with Crippen LogP contribution in [0.2, 0.25) is 0 Å². The average molecular weight is 395 g/mol. The van der Waals surface area contributed by atoms with Crippen molar-refractivity contribution in [2.24, 2.45) is 5.10 Å². The van der Waals surface area contributed by atoms with Crippen LogP contribution in [0.25, 0.3) is 0 Å². The number of halogens is 1. The Bertz CT molecular complexity index is 716. The maximum absolute atomic E-state index is 11.9. The van der Waals surface area contributed by atoms with Gasteiger partial charge in [-0.05, 0) is 34.7 Å². The molecule has 2 aromatic carbocycles. The van der Waals surface area contributed by atoms with Crippen LogP contribution in [0.3, 0.4) is 0 Å². The minimum absolute atomic E-state index is 0.0251. The molecule has 0 saturated heterocycles. The van der Waals surface area contributed by atoms with Crippen LogP contribution in [0.4, 0.5) is 5.69 Å². The molecule has 0 radical (unpaired) electrons. The van der Waals surface area contributed by atoms with Gasteiger partial charge in [0.15, 0.2) is 0 Å². The molecule has 0 aliphatic carbocycles. The number of nitrogens with one attached hydrogen (secondary N) is 1. The number of nitro benzene ring substituents is 1. The average Bonchev–Trinajstić information content (AvgIpc) is 2.48. The third-order valence-corrected chi connectivity index (χ3v) is 3.52.